The van der Waals surface area contributed by atoms with E-state index in [1.54, 1.807) is 25.1 Å². The summed E-state index contributed by atoms with van der Waals surface area (Å²) in [7, 11) is 1.52. The second-order valence-corrected chi connectivity index (χ2v) is 5.29. The minimum atomic E-state index is -0.524. The Labute approximate surface area is 130 Å². The number of hydrogen-bond acceptors (Lipinski definition) is 4. The SMILES string of the molecule is CNC(=O)CCC(C=O)CC(=O)c1c(C)cccc1C(C)=O. The Balaban J connectivity index is 2.90. The molecule has 0 saturated carbocycles. The van der Waals surface area contributed by atoms with Gasteiger partial charge in [0, 0.05) is 36.9 Å². The first-order valence-corrected chi connectivity index (χ1v) is 7.20. The normalized spacial score (nSPS) is 11.6. The van der Waals surface area contributed by atoms with Crippen molar-refractivity contribution in [1.29, 1.82) is 0 Å². The third-order valence-electron chi connectivity index (χ3n) is 3.59. The Morgan fingerprint density at radius 1 is 1.27 bits per heavy atom. The fourth-order valence-electron chi connectivity index (χ4n) is 2.33. The molecule has 5 heteroatoms. The number of amides is 1. The smallest absolute Gasteiger partial charge is 0.219 e. The number of ketones is 2. The van der Waals surface area contributed by atoms with Gasteiger partial charge in [-0.25, -0.2) is 0 Å². The van der Waals surface area contributed by atoms with E-state index in [0.29, 0.717) is 29.4 Å². The van der Waals surface area contributed by atoms with Crippen LogP contribution in [-0.4, -0.2) is 30.8 Å². The number of nitrogens with one attached hydrogen (secondary N) is 1. The maximum absolute atomic E-state index is 12.5. The van der Waals surface area contributed by atoms with Crippen molar-refractivity contribution in [3.63, 3.8) is 0 Å². The number of aldehydes is 1. The summed E-state index contributed by atoms with van der Waals surface area (Å²) in [5.41, 5.74) is 1.47. The number of rotatable bonds is 8. The lowest BCUT2D eigenvalue weighted by Crippen LogP contribution is -2.20. The lowest BCUT2D eigenvalue weighted by molar-refractivity contribution is -0.121. The molecule has 0 radical (unpaired) electrons. The molecule has 5 nitrogen and oxygen atoms in total. The summed E-state index contributed by atoms with van der Waals surface area (Å²) >= 11 is 0. The molecule has 0 aliphatic carbocycles. The lowest BCUT2D eigenvalue weighted by Gasteiger charge is -2.13. The van der Waals surface area contributed by atoms with Crippen LogP contribution >= 0.6 is 0 Å². The van der Waals surface area contributed by atoms with Crippen molar-refractivity contribution >= 4 is 23.8 Å². The number of benzene rings is 1. The van der Waals surface area contributed by atoms with Gasteiger partial charge in [0.1, 0.15) is 6.29 Å². The zero-order chi connectivity index (χ0) is 16.7. The van der Waals surface area contributed by atoms with Crippen molar-refractivity contribution in [1.82, 2.24) is 5.32 Å². The minimum absolute atomic E-state index is 0.00558. The van der Waals surface area contributed by atoms with E-state index >= 15 is 0 Å². The summed E-state index contributed by atoms with van der Waals surface area (Å²) in [6, 6.07) is 5.11. The molecule has 0 aliphatic heterocycles. The zero-order valence-corrected chi connectivity index (χ0v) is 13.1. The van der Waals surface area contributed by atoms with Gasteiger partial charge >= 0.3 is 0 Å². The number of carbonyl (C=O) groups is 4. The van der Waals surface area contributed by atoms with Crippen molar-refractivity contribution < 1.29 is 19.2 Å². The second-order valence-electron chi connectivity index (χ2n) is 5.29. The van der Waals surface area contributed by atoms with Gasteiger partial charge in [0.15, 0.2) is 11.6 Å². The summed E-state index contributed by atoms with van der Waals surface area (Å²) in [6.07, 6.45) is 1.22. The maximum atomic E-state index is 12.5. The molecule has 1 amide bonds. The van der Waals surface area contributed by atoms with Gasteiger partial charge in [-0.05, 0) is 25.8 Å². The predicted molar refractivity (Wildman–Crippen MR) is 83.0 cm³/mol. The van der Waals surface area contributed by atoms with Crippen LogP contribution in [-0.2, 0) is 9.59 Å². The molecule has 0 heterocycles. The first-order valence-electron chi connectivity index (χ1n) is 7.20. The molecule has 118 valence electrons. The van der Waals surface area contributed by atoms with Crippen LogP contribution in [0.1, 0.15) is 52.5 Å². The first kappa shape index (κ1) is 17.8. The van der Waals surface area contributed by atoms with Gasteiger partial charge in [0.05, 0.1) is 0 Å². The van der Waals surface area contributed by atoms with Gasteiger partial charge < -0.3 is 10.1 Å². The molecule has 1 aromatic carbocycles. The molecule has 0 aromatic heterocycles. The third kappa shape index (κ3) is 4.62. The highest BCUT2D eigenvalue weighted by Gasteiger charge is 2.21. The average molecular weight is 303 g/mol. The number of carbonyl (C=O) groups excluding carboxylic acids is 4. The standard InChI is InChI=1S/C17H21NO4/c1-11-5-4-6-14(12(2)20)17(11)15(21)9-13(10-19)7-8-16(22)18-3/h4-6,10,13H,7-9H2,1-3H3,(H,18,22). The molecule has 1 aromatic rings. The summed E-state index contributed by atoms with van der Waals surface area (Å²) in [4.78, 5) is 46.5. The minimum Gasteiger partial charge on any atom is -0.359 e. The van der Waals surface area contributed by atoms with Crippen LogP contribution in [0.4, 0.5) is 0 Å². The van der Waals surface area contributed by atoms with E-state index in [9.17, 15) is 19.2 Å². The van der Waals surface area contributed by atoms with E-state index in [2.05, 4.69) is 5.32 Å². The Bertz CT molecular complexity index is 592. The highest BCUT2D eigenvalue weighted by molar-refractivity contribution is 6.09. The highest BCUT2D eigenvalue weighted by atomic mass is 16.2. The molecular formula is C17H21NO4. The van der Waals surface area contributed by atoms with E-state index in [4.69, 9.17) is 0 Å². The lowest BCUT2D eigenvalue weighted by atomic mass is 9.89. The average Bonchev–Trinajstić information content (AvgIpc) is 2.50. The molecule has 1 unspecified atom stereocenters. The van der Waals surface area contributed by atoms with Gasteiger partial charge in [-0.3, -0.25) is 14.4 Å². The molecule has 1 rings (SSSR count). The Kier molecular flexibility index (Phi) is 6.63. The number of hydrogen-bond donors (Lipinski definition) is 1. The van der Waals surface area contributed by atoms with Crippen molar-refractivity contribution in [3.05, 3.63) is 34.9 Å². The van der Waals surface area contributed by atoms with E-state index in [1.807, 2.05) is 0 Å². The van der Waals surface area contributed by atoms with Crippen LogP contribution in [0.3, 0.4) is 0 Å². The molecular weight excluding hydrogens is 282 g/mol. The molecule has 0 aliphatic rings. The Morgan fingerprint density at radius 3 is 2.50 bits per heavy atom. The summed E-state index contributed by atoms with van der Waals surface area (Å²) < 4.78 is 0. The van der Waals surface area contributed by atoms with E-state index in [-0.39, 0.29) is 30.3 Å². The van der Waals surface area contributed by atoms with Gasteiger partial charge in [0.2, 0.25) is 5.91 Å². The Hall–Kier alpha value is -2.30. The topological polar surface area (TPSA) is 80.3 Å². The predicted octanol–water partition coefficient (Wildman–Crippen LogP) is 2.11. The molecule has 0 saturated heterocycles. The second kappa shape index (κ2) is 8.22. The molecule has 22 heavy (non-hydrogen) atoms. The molecule has 0 fully saturated rings. The van der Waals surface area contributed by atoms with Crippen LogP contribution in [0.15, 0.2) is 18.2 Å². The Morgan fingerprint density at radius 2 is 1.95 bits per heavy atom. The third-order valence-corrected chi connectivity index (χ3v) is 3.59. The van der Waals surface area contributed by atoms with Gasteiger partial charge in [-0.1, -0.05) is 18.2 Å². The summed E-state index contributed by atoms with van der Waals surface area (Å²) in [5.74, 6) is -1.11. The van der Waals surface area contributed by atoms with Crippen LogP contribution < -0.4 is 5.32 Å². The highest BCUT2D eigenvalue weighted by Crippen LogP contribution is 2.20. The quantitative estimate of drug-likeness (QED) is 0.589. The van der Waals surface area contributed by atoms with Crippen molar-refractivity contribution in [2.75, 3.05) is 7.05 Å². The van der Waals surface area contributed by atoms with Crippen LogP contribution in [0, 0.1) is 12.8 Å². The van der Waals surface area contributed by atoms with Crippen LogP contribution in [0.25, 0.3) is 0 Å². The number of aryl methyl sites for hydroxylation is 1. The van der Waals surface area contributed by atoms with Crippen molar-refractivity contribution in [2.24, 2.45) is 5.92 Å². The van der Waals surface area contributed by atoms with Crippen molar-refractivity contribution in [3.8, 4) is 0 Å². The largest absolute Gasteiger partial charge is 0.359 e. The fourth-order valence-corrected chi connectivity index (χ4v) is 2.33. The summed E-state index contributed by atoms with van der Waals surface area (Å²) in [6.45, 7) is 3.18. The molecule has 0 bridgehead atoms. The van der Waals surface area contributed by atoms with E-state index < -0.39 is 5.92 Å². The maximum Gasteiger partial charge on any atom is 0.219 e. The van der Waals surface area contributed by atoms with Gasteiger partial charge in [-0.2, -0.15) is 0 Å². The number of Topliss-reactive ketones (excluding diaryl/α,β-unsaturated/α-hetero) is 2. The zero-order valence-electron chi connectivity index (χ0n) is 13.1. The monoisotopic (exact) mass is 303 g/mol. The van der Waals surface area contributed by atoms with Crippen molar-refractivity contribution in [2.45, 2.75) is 33.1 Å². The van der Waals surface area contributed by atoms with Crippen LogP contribution in [0.5, 0.6) is 0 Å². The van der Waals surface area contributed by atoms with E-state index in [0.717, 1.165) is 0 Å². The molecule has 0 spiro atoms. The first-order chi connectivity index (χ1) is 10.4. The van der Waals surface area contributed by atoms with E-state index in [1.165, 1.54) is 14.0 Å². The summed E-state index contributed by atoms with van der Waals surface area (Å²) in [5, 5.41) is 2.48. The van der Waals surface area contributed by atoms with Gasteiger partial charge in [0.25, 0.3) is 0 Å². The van der Waals surface area contributed by atoms with Crippen LogP contribution in [0.2, 0.25) is 0 Å². The molecule has 1 N–H and O–H groups in total. The van der Waals surface area contributed by atoms with Gasteiger partial charge in [-0.15, -0.1) is 0 Å². The molecule has 1 atom stereocenters. The fraction of sp³-hybridized carbons (Fsp3) is 0.412.